The quantitative estimate of drug-likeness (QED) is 0.821. The molecule has 2 rings (SSSR count). The van der Waals surface area contributed by atoms with Gasteiger partial charge in [-0.2, -0.15) is 5.10 Å². The molecule has 78 valence electrons. The normalized spacial score (nSPS) is 10.5. The molecule has 0 saturated heterocycles. The van der Waals surface area contributed by atoms with E-state index in [4.69, 9.17) is 5.73 Å². The van der Waals surface area contributed by atoms with Crippen molar-refractivity contribution in [3.63, 3.8) is 0 Å². The summed E-state index contributed by atoms with van der Waals surface area (Å²) in [6.45, 7) is 2.03. The summed E-state index contributed by atoms with van der Waals surface area (Å²) in [7, 11) is 0. The summed E-state index contributed by atoms with van der Waals surface area (Å²) in [6, 6.07) is 5.65. The van der Waals surface area contributed by atoms with Crippen molar-refractivity contribution in [1.29, 1.82) is 0 Å². The van der Waals surface area contributed by atoms with Gasteiger partial charge in [-0.25, -0.2) is 4.98 Å². The fourth-order valence-corrected chi connectivity index (χ4v) is 1.63. The first-order valence-electron chi connectivity index (χ1n) is 4.67. The van der Waals surface area contributed by atoms with Crippen LogP contribution in [0.4, 0.5) is 5.69 Å². The maximum absolute atomic E-state index is 5.70. The van der Waals surface area contributed by atoms with Gasteiger partial charge >= 0.3 is 0 Å². The third-order valence-corrected chi connectivity index (χ3v) is 2.81. The van der Waals surface area contributed by atoms with Crippen LogP contribution in [-0.2, 0) is 6.42 Å². The lowest BCUT2D eigenvalue weighted by Crippen LogP contribution is -1.88. The van der Waals surface area contributed by atoms with Crippen LogP contribution in [0.25, 0.3) is 11.4 Å². The molecule has 0 unspecified atom stereocenters. The highest BCUT2D eigenvalue weighted by Crippen LogP contribution is 2.25. The number of nitrogens with one attached hydrogen (secondary N) is 1. The minimum Gasteiger partial charge on any atom is -0.398 e. The van der Waals surface area contributed by atoms with Crippen LogP contribution in [0.1, 0.15) is 12.7 Å². The van der Waals surface area contributed by atoms with Gasteiger partial charge < -0.3 is 5.73 Å². The van der Waals surface area contributed by atoms with E-state index in [1.807, 2.05) is 25.1 Å². The van der Waals surface area contributed by atoms with Crippen LogP contribution in [0.5, 0.6) is 0 Å². The highest BCUT2D eigenvalue weighted by Gasteiger charge is 2.06. The molecule has 0 atom stereocenters. The fraction of sp³-hybridized carbons (Fsp3) is 0.200. The SMILES string of the molecule is CCc1nc(-c2ccc(N)c(Br)c2)n[nH]1. The Morgan fingerprint density at radius 3 is 2.87 bits per heavy atom. The molecular weight excluding hydrogens is 256 g/mol. The molecule has 0 aliphatic rings. The van der Waals surface area contributed by atoms with Gasteiger partial charge in [-0.1, -0.05) is 6.92 Å². The molecular formula is C10H11BrN4. The zero-order valence-electron chi connectivity index (χ0n) is 8.29. The second kappa shape index (κ2) is 4.02. The zero-order valence-corrected chi connectivity index (χ0v) is 9.87. The van der Waals surface area contributed by atoms with Gasteiger partial charge in [0.05, 0.1) is 0 Å². The van der Waals surface area contributed by atoms with Crippen LogP contribution < -0.4 is 5.73 Å². The van der Waals surface area contributed by atoms with E-state index in [9.17, 15) is 0 Å². The molecule has 0 bridgehead atoms. The van der Waals surface area contributed by atoms with Gasteiger partial charge in [0.2, 0.25) is 0 Å². The molecule has 0 fully saturated rings. The summed E-state index contributed by atoms with van der Waals surface area (Å²) >= 11 is 3.38. The Morgan fingerprint density at radius 2 is 2.27 bits per heavy atom. The molecule has 2 aromatic rings. The molecule has 0 spiro atoms. The summed E-state index contributed by atoms with van der Waals surface area (Å²) < 4.78 is 0.864. The molecule has 1 heterocycles. The number of aromatic amines is 1. The molecule has 1 aromatic carbocycles. The first kappa shape index (κ1) is 10.2. The molecule has 5 heteroatoms. The van der Waals surface area contributed by atoms with E-state index in [2.05, 4.69) is 31.1 Å². The highest BCUT2D eigenvalue weighted by atomic mass is 79.9. The first-order chi connectivity index (χ1) is 7.20. The van der Waals surface area contributed by atoms with Gasteiger partial charge in [-0.3, -0.25) is 5.10 Å². The Kier molecular flexibility index (Phi) is 2.73. The lowest BCUT2D eigenvalue weighted by molar-refractivity contribution is 0.946. The van der Waals surface area contributed by atoms with Crippen LogP contribution in [0, 0.1) is 0 Å². The van der Waals surface area contributed by atoms with Crippen molar-refractivity contribution in [2.45, 2.75) is 13.3 Å². The second-order valence-corrected chi connectivity index (χ2v) is 4.05. The molecule has 15 heavy (non-hydrogen) atoms. The maximum Gasteiger partial charge on any atom is 0.181 e. The van der Waals surface area contributed by atoms with Gasteiger partial charge in [0, 0.05) is 22.1 Å². The average molecular weight is 267 g/mol. The highest BCUT2D eigenvalue weighted by molar-refractivity contribution is 9.10. The molecule has 1 aromatic heterocycles. The monoisotopic (exact) mass is 266 g/mol. The maximum atomic E-state index is 5.70. The number of rotatable bonds is 2. The van der Waals surface area contributed by atoms with E-state index in [-0.39, 0.29) is 0 Å². The van der Waals surface area contributed by atoms with E-state index in [0.717, 1.165) is 22.3 Å². The summed E-state index contributed by atoms with van der Waals surface area (Å²) in [4.78, 5) is 4.34. The molecule has 3 N–H and O–H groups in total. The van der Waals surface area contributed by atoms with Crippen molar-refractivity contribution in [2.24, 2.45) is 0 Å². The summed E-state index contributed by atoms with van der Waals surface area (Å²) in [5.41, 5.74) is 7.37. The lowest BCUT2D eigenvalue weighted by atomic mass is 10.2. The Morgan fingerprint density at radius 1 is 1.47 bits per heavy atom. The first-order valence-corrected chi connectivity index (χ1v) is 5.46. The van der Waals surface area contributed by atoms with Crippen molar-refractivity contribution in [3.8, 4) is 11.4 Å². The van der Waals surface area contributed by atoms with Gasteiger partial charge in [0.15, 0.2) is 5.82 Å². The number of H-pyrrole nitrogens is 1. The van der Waals surface area contributed by atoms with Crippen LogP contribution >= 0.6 is 15.9 Å². The Labute approximate surface area is 96.0 Å². The number of nitrogens with two attached hydrogens (primary N) is 1. The number of nitrogen functional groups attached to an aromatic ring is 1. The minimum atomic E-state index is 0.701. The second-order valence-electron chi connectivity index (χ2n) is 3.20. The number of hydrogen-bond donors (Lipinski definition) is 2. The number of anilines is 1. The van der Waals surface area contributed by atoms with Gasteiger partial charge in [-0.15, -0.1) is 0 Å². The van der Waals surface area contributed by atoms with E-state index < -0.39 is 0 Å². The Hall–Kier alpha value is -1.36. The van der Waals surface area contributed by atoms with Crippen LogP contribution in [0.3, 0.4) is 0 Å². The number of nitrogens with zero attached hydrogens (tertiary/aromatic N) is 2. The van der Waals surface area contributed by atoms with E-state index in [0.29, 0.717) is 11.5 Å². The average Bonchev–Trinajstić information content (AvgIpc) is 2.70. The number of benzene rings is 1. The number of halogens is 1. The molecule has 0 aliphatic carbocycles. The molecule has 0 radical (unpaired) electrons. The number of aryl methyl sites for hydroxylation is 1. The van der Waals surface area contributed by atoms with E-state index in [1.54, 1.807) is 0 Å². The van der Waals surface area contributed by atoms with Crippen LogP contribution in [0.2, 0.25) is 0 Å². The smallest absolute Gasteiger partial charge is 0.181 e. The number of hydrogen-bond acceptors (Lipinski definition) is 3. The molecule has 4 nitrogen and oxygen atoms in total. The Bertz CT molecular complexity index is 478. The van der Waals surface area contributed by atoms with Gasteiger partial charge in [0.1, 0.15) is 5.82 Å². The van der Waals surface area contributed by atoms with Gasteiger partial charge in [0.25, 0.3) is 0 Å². The summed E-state index contributed by atoms with van der Waals surface area (Å²) in [5.74, 6) is 1.59. The van der Waals surface area contributed by atoms with Crippen LogP contribution in [-0.4, -0.2) is 15.2 Å². The predicted octanol–water partition coefficient (Wildman–Crippen LogP) is 2.38. The Balaban J connectivity index is 2.40. The third-order valence-electron chi connectivity index (χ3n) is 2.13. The van der Waals surface area contributed by atoms with E-state index in [1.165, 1.54) is 0 Å². The summed E-state index contributed by atoms with van der Waals surface area (Å²) in [6.07, 6.45) is 0.850. The zero-order chi connectivity index (χ0) is 10.8. The fourth-order valence-electron chi connectivity index (χ4n) is 1.25. The van der Waals surface area contributed by atoms with Crippen LogP contribution in [0.15, 0.2) is 22.7 Å². The summed E-state index contributed by atoms with van der Waals surface area (Å²) in [5, 5.41) is 7.01. The molecule has 0 aliphatic heterocycles. The number of aromatic nitrogens is 3. The van der Waals surface area contributed by atoms with Crippen molar-refractivity contribution >= 4 is 21.6 Å². The lowest BCUT2D eigenvalue weighted by Gasteiger charge is -1.99. The standard InChI is InChI=1S/C10H11BrN4/c1-2-9-13-10(15-14-9)6-3-4-8(12)7(11)5-6/h3-5H,2,12H2,1H3,(H,13,14,15). The topological polar surface area (TPSA) is 67.6 Å². The van der Waals surface area contributed by atoms with Crippen molar-refractivity contribution in [2.75, 3.05) is 5.73 Å². The molecule has 0 saturated carbocycles. The molecule has 0 amide bonds. The predicted molar refractivity (Wildman–Crippen MR) is 63.3 cm³/mol. The van der Waals surface area contributed by atoms with Gasteiger partial charge in [-0.05, 0) is 34.1 Å². The third kappa shape index (κ3) is 2.02. The van der Waals surface area contributed by atoms with Crippen molar-refractivity contribution < 1.29 is 0 Å². The minimum absolute atomic E-state index is 0.701. The van der Waals surface area contributed by atoms with E-state index >= 15 is 0 Å². The largest absolute Gasteiger partial charge is 0.398 e. The van der Waals surface area contributed by atoms with Crippen molar-refractivity contribution in [3.05, 3.63) is 28.5 Å². The van der Waals surface area contributed by atoms with Crippen molar-refractivity contribution in [1.82, 2.24) is 15.2 Å².